The number of thiocarbonyl (C=S) groups is 1. The van der Waals surface area contributed by atoms with Crippen LogP contribution in [-0.2, 0) is 0 Å². The minimum absolute atomic E-state index is 0.135. The molecule has 2 fully saturated rings. The molecule has 4 aromatic rings. The van der Waals surface area contributed by atoms with Gasteiger partial charge in [0.25, 0.3) is 0 Å². The number of halogens is 2. The highest BCUT2D eigenvalue weighted by Crippen LogP contribution is 2.45. The molecule has 2 aliphatic heterocycles. The Balaban J connectivity index is 1.45. The van der Waals surface area contributed by atoms with E-state index < -0.39 is 0 Å². The molecule has 42 heavy (non-hydrogen) atoms. The summed E-state index contributed by atoms with van der Waals surface area (Å²) in [5, 5.41) is 5.76. The van der Waals surface area contributed by atoms with Crippen LogP contribution in [-0.4, -0.2) is 27.8 Å². The third-order valence-corrected chi connectivity index (χ3v) is 9.81. The standard InChI is InChI=1S/C34H37Cl2N5S/c1-20-15-21(2)19-39(18-20)31-13-12-25(17-28(31)36)41-33(32(38-34(41)42)29-10-6-7-14-37-29)26-16-22(3)40(24(26)5)30-11-8-9-27(35)23(30)4/h6-14,16-17,20-21,32-33H,15,18-19H2,1-5H3,(H,38,42)/t20-,21+,32-,33-/m1/s1. The zero-order valence-electron chi connectivity index (χ0n) is 24.7. The van der Waals surface area contributed by atoms with Crippen LogP contribution in [0, 0.1) is 32.6 Å². The second-order valence-electron chi connectivity index (χ2n) is 12.0. The van der Waals surface area contributed by atoms with Crippen LogP contribution in [0.2, 0.25) is 10.0 Å². The van der Waals surface area contributed by atoms with Crippen LogP contribution in [0.3, 0.4) is 0 Å². The van der Waals surface area contributed by atoms with Crippen LogP contribution in [0.15, 0.2) is 66.9 Å². The van der Waals surface area contributed by atoms with Crippen LogP contribution in [0.25, 0.3) is 5.69 Å². The molecule has 0 bridgehead atoms. The minimum Gasteiger partial charge on any atom is -0.370 e. The van der Waals surface area contributed by atoms with E-state index in [-0.39, 0.29) is 12.1 Å². The van der Waals surface area contributed by atoms with E-state index in [1.165, 1.54) is 12.0 Å². The van der Waals surface area contributed by atoms with Crippen molar-refractivity contribution in [3.8, 4) is 5.69 Å². The highest BCUT2D eigenvalue weighted by molar-refractivity contribution is 7.80. The van der Waals surface area contributed by atoms with Crippen molar-refractivity contribution in [1.29, 1.82) is 0 Å². The zero-order valence-corrected chi connectivity index (χ0v) is 27.1. The second-order valence-corrected chi connectivity index (χ2v) is 13.2. The van der Waals surface area contributed by atoms with Gasteiger partial charge < -0.3 is 19.7 Å². The molecule has 0 spiro atoms. The molecular weight excluding hydrogens is 581 g/mol. The van der Waals surface area contributed by atoms with Gasteiger partial charge in [-0.05, 0) is 111 Å². The van der Waals surface area contributed by atoms with Crippen molar-refractivity contribution in [2.75, 3.05) is 22.9 Å². The molecule has 0 saturated carbocycles. The normalized spacial score (nSPS) is 22.5. The van der Waals surface area contributed by atoms with Crippen LogP contribution >= 0.6 is 35.4 Å². The highest BCUT2D eigenvalue weighted by Gasteiger charge is 2.42. The zero-order chi connectivity index (χ0) is 29.7. The van der Waals surface area contributed by atoms with Crippen LogP contribution in [0.4, 0.5) is 11.4 Å². The maximum Gasteiger partial charge on any atom is 0.174 e. The Morgan fingerprint density at radius 1 is 0.881 bits per heavy atom. The van der Waals surface area contributed by atoms with Gasteiger partial charge in [-0.3, -0.25) is 4.98 Å². The summed E-state index contributed by atoms with van der Waals surface area (Å²) in [7, 11) is 0. The Labute approximate surface area is 264 Å². The summed E-state index contributed by atoms with van der Waals surface area (Å²) in [5.74, 6) is 1.28. The number of hydrogen-bond donors (Lipinski definition) is 1. The summed E-state index contributed by atoms with van der Waals surface area (Å²) >= 11 is 19.6. The minimum atomic E-state index is -0.143. The first-order chi connectivity index (χ1) is 20.1. The number of benzene rings is 2. The fraction of sp³-hybridized carbons (Fsp3) is 0.353. The van der Waals surface area contributed by atoms with E-state index in [4.69, 9.17) is 40.4 Å². The van der Waals surface area contributed by atoms with E-state index >= 15 is 0 Å². The molecule has 0 amide bonds. The van der Waals surface area contributed by atoms with Crippen molar-refractivity contribution < 1.29 is 0 Å². The lowest BCUT2D eigenvalue weighted by molar-refractivity contribution is 0.357. The van der Waals surface area contributed by atoms with Crippen molar-refractivity contribution in [2.24, 2.45) is 11.8 Å². The van der Waals surface area contributed by atoms with Gasteiger partial charge in [-0.2, -0.15) is 0 Å². The van der Waals surface area contributed by atoms with Crippen molar-refractivity contribution in [1.82, 2.24) is 14.9 Å². The Morgan fingerprint density at radius 3 is 2.33 bits per heavy atom. The molecule has 2 aromatic heterocycles. The summed E-state index contributed by atoms with van der Waals surface area (Å²) in [6, 6.07) is 20.5. The quantitative estimate of drug-likeness (QED) is 0.226. The average Bonchev–Trinajstić information content (AvgIpc) is 3.45. The van der Waals surface area contributed by atoms with Gasteiger partial charge in [0.15, 0.2) is 5.11 Å². The number of nitrogens with one attached hydrogen (secondary N) is 1. The molecule has 218 valence electrons. The van der Waals surface area contributed by atoms with Gasteiger partial charge in [-0.1, -0.05) is 49.2 Å². The lowest BCUT2D eigenvalue weighted by Gasteiger charge is -2.37. The molecule has 2 aromatic carbocycles. The van der Waals surface area contributed by atoms with E-state index in [1.54, 1.807) is 0 Å². The van der Waals surface area contributed by atoms with Gasteiger partial charge in [0.2, 0.25) is 0 Å². The van der Waals surface area contributed by atoms with Crippen LogP contribution in [0.1, 0.15) is 60.6 Å². The lowest BCUT2D eigenvalue weighted by atomic mass is 9.91. The van der Waals surface area contributed by atoms with Crippen molar-refractivity contribution in [3.05, 3.63) is 105 Å². The second kappa shape index (κ2) is 11.6. The molecule has 2 aliphatic rings. The smallest absolute Gasteiger partial charge is 0.174 e. The number of pyridine rings is 1. The average molecular weight is 619 g/mol. The molecule has 2 saturated heterocycles. The molecule has 0 aliphatic carbocycles. The third-order valence-electron chi connectivity index (χ3n) is 8.79. The molecule has 1 N–H and O–H groups in total. The topological polar surface area (TPSA) is 36.3 Å². The molecule has 4 heterocycles. The number of hydrogen-bond acceptors (Lipinski definition) is 3. The van der Waals surface area contributed by atoms with Crippen molar-refractivity contribution in [2.45, 2.75) is 53.1 Å². The van der Waals surface area contributed by atoms with Crippen LogP contribution < -0.4 is 15.1 Å². The molecule has 4 atom stereocenters. The predicted molar refractivity (Wildman–Crippen MR) is 180 cm³/mol. The molecular formula is C34H37Cl2N5S. The predicted octanol–water partition coefficient (Wildman–Crippen LogP) is 8.76. The number of rotatable bonds is 5. The molecule has 6 rings (SSSR count). The summed E-state index contributed by atoms with van der Waals surface area (Å²) in [5.41, 5.74) is 8.57. The fourth-order valence-electron chi connectivity index (χ4n) is 7.01. The lowest BCUT2D eigenvalue weighted by Crippen LogP contribution is -2.38. The first kappa shape index (κ1) is 29.0. The third kappa shape index (κ3) is 5.18. The molecule has 0 unspecified atom stereocenters. The number of piperidine rings is 1. The Hall–Kier alpha value is -3.06. The van der Waals surface area contributed by atoms with Gasteiger partial charge in [0.1, 0.15) is 0 Å². The van der Waals surface area contributed by atoms with Crippen LogP contribution in [0.5, 0.6) is 0 Å². The Kier molecular flexibility index (Phi) is 7.99. The SMILES string of the molecule is Cc1c(Cl)cccc1-n1c(C)cc([C@@H]2[C@@H](c3ccccn3)NC(=S)N2c2ccc(N3C[C@H](C)C[C@H](C)C3)c(Cl)c2)c1C. The van der Waals surface area contributed by atoms with E-state index in [1.807, 2.05) is 30.5 Å². The Morgan fingerprint density at radius 2 is 1.64 bits per heavy atom. The summed E-state index contributed by atoms with van der Waals surface area (Å²) in [6.45, 7) is 13.1. The van der Waals surface area contributed by atoms with Gasteiger partial charge in [0.05, 0.1) is 28.5 Å². The largest absolute Gasteiger partial charge is 0.370 e. The first-order valence-electron chi connectivity index (χ1n) is 14.6. The van der Waals surface area contributed by atoms with Gasteiger partial charge in [0, 0.05) is 47.1 Å². The molecule has 8 heteroatoms. The van der Waals surface area contributed by atoms with Gasteiger partial charge in [-0.15, -0.1) is 0 Å². The fourth-order valence-corrected chi connectivity index (χ4v) is 7.82. The maximum atomic E-state index is 7.04. The summed E-state index contributed by atoms with van der Waals surface area (Å²) < 4.78 is 2.29. The van der Waals surface area contributed by atoms with E-state index in [0.717, 1.165) is 62.8 Å². The van der Waals surface area contributed by atoms with Gasteiger partial charge >= 0.3 is 0 Å². The number of aryl methyl sites for hydroxylation is 1. The van der Waals surface area contributed by atoms with Gasteiger partial charge in [-0.25, -0.2) is 0 Å². The summed E-state index contributed by atoms with van der Waals surface area (Å²) in [6.07, 6.45) is 3.09. The van der Waals surface area contributed by atoms with Crippen molar-refractivity contribution >= 4 is 51.9 Å². The molecule has 5 nitrogen and oxygen atoms in total. The first-order valence-corrected chi connectivity index (χ1v) is 15.8. The highest BCUT2D eigenvalue weighted by atomic mass is 35.5. The number of nitrogens with zero attached hydrogens (tertiary/aromatic N) is 4. The number of aromatic nitrogens is 2. The monoisotopic (exact) mass is 617 g/mol. The van der Waals surface area contributed by atoms with E-state index in [2.05, 4.69) is 90.7 Å². The van der Waals surface area contributed by atoms with Crippen molar-refractivity contribution in [3.63, 3.8) is 0 Å². The van der Waals surface area contributed by atoms with E-state index in [0.29, 0.717) is 16.9 Å². The summed E-state index contributed by atoms with van der Waals surface area (Å²) in [4.78, 5) is 9.39. The van der Waals surface area contributed by atoms with E-state index in [9.17, 15) is 0 Å². The maximum absolute atomic E-state index is 7.04. The molecule has 0 radical (unpaired) electrons. The number of anilines is 2. The Bertz CT molecular complexity index is 1620.